The Balaban J connectivity index is 0.000000531. The first-order valence-corrected chi connectivity index (χ1v) is 4.96. The van der Waals surface area contributed by atoms with Crippen LogP contribution in [0.2, 0.25) is 0 Å². The summed E-state index contributed by atoms with van der Waals surface area (Å²) in [4.78, 5) is 4.37. The fourth-order valence-electron chi connectivity index (χ4n) is 1.65. The van der Waals surface area contributed by atoms with E-state index in [4.69, 9.17) is 10.5 Å². The highest BCUT2D eigenvalue weighted by atomic mass is 16.2. The molecule has 1 aromatic rings. The van der Waals surface area contributed by atoms with Crippen LogP contribution in [-0.4, -0.2) is 22.9 Å². The molecule has 0 aromatic carbocycles. The van der Waals surface area contributed by atoms with Crippen molar-refractivity contribution in [3.05, 3.63) is 35.7 Å². The maximum absolute atomic E-state index is 7.75. The second kappa shape index (κ2) is 5.41. The lowest BCUT2D eigenvalue weighted by atomic mass is 9.94. The molecule has 0 fully saturated rings. The van der Waals surface area contributed by atoms with Gasteiger partial charge in [-0.3, -0.25) is 0 Å². The minimum Gasteiger partial charge on any atom is -0.400 e. The lowest BCUT2D eigenvalue weighted by Gasteiger charge is -2.15. The molecule has 80 valence electrons. The molecule has 1 aliphatic carbocycles. The van der Waals surface area contributed by atoms with Gasteiger partial charge in [-0.1, -0.05) is 12.6 Å². The van der Waals surface area contributed by atoms with Gasteiger partial charge in [-0.05, 0) is 37.0 Å². The van der Waals surface area contributed by atoms with E-state index in [9.17, 15) is 0 Å². The highest BCUT2D eigenvalue weighted by molar-refractivity contribution is 5.98. The number of aliphatic hydroxyl groups excluding tert-OH is 1. The summed E-state index contributed by atoms with van der Waals surface area (Å²) in [6.45, 7) is 3.67. The van der Waals surface area contributed by atoms with E-state index in [1.165, 1.54) is 5.56 Å². The molecule has 3 heteroatoms. The number of aryl methyl sites for hydroxylation is 1. The minimum absolute atomic E-state index is 0.671. The van der Waals surface area contributed by atoms with E-state index >= 15 is 0 Å². The van der Waals surface area contributed by atoms with Gasteiger partial charge in [-0.25, -0.2) is 4.98 Å². The predicted octanol–water partition coefficient (Wildman–Crippen LogP) is 2.04. The molecule has 0 amide bonds. The Labute approximate surface area is 90.0 Å². The summed E-state index contributed by atoms with van der Waals surface area (Å²) in [6.07, 6.45) is 4.73. The Morgan fingerprint density at radius 2 is 2.13 bits per heavy atom. The molecule has 0 radical (unpaired) electrons. The van der Waals surface area contributed by atoms with Crippen LogP contribution in [0.3, 0.4) is 0 Å². The fourth-order valence-corrected chi connectivity index (χ4v) is 1.65. The van der Waals surface area contributed by atoms with Gasteiger partial charge in [0.05, 0.1) is 17.1 Å². The van der Waals surface area contributed by atoms with Crippen molar-refractivity contribution in [1.29, 1.82) is 5.41 Å². The second-order valence-electron chi connectivity index (χ2n) is 3.28. The number of hydrogen-bond donors (Lipinski definition) is 2. The summed E-state index contributed by atoms with van der Waals surface area (Å²) in [5, 5.41) is 14.7. The monoisotopic (exact) mass is 204 g/mol. The van der Waals surface area contributed by atoms with Gasteiger partial charge < -0.3 is 10.5 Å². The maximum atomic E-state index is 7.75. The first-order chi connectivity index (χ1) is 7.31. The van der Waals surface area contributed by atoms with E-state index in [2.05, 4.69) is 17.6 Å². The van der Waals surface area contributed by atoms with Crippen molar-refractivity contribution < 1.29 is 5.11 Å². The third kappa shape index (κ3) is 2.50. The van der Waals surface area contributed by atoms with E-state index in [0.29, 0.717) is 5.71 Å². The average Bonchev–Trinajstić information content (AvgIpc) is 2.32. The largest absolute Gasteiger partial charge is 0.400 e. The average molecular weight is 204 g/mol. The SMILES string of the molecule is C=Cc1ccc2c(n1)C(=N)CCC2.CO. The van der Waals surface area contributed by atoms with Crippen molar-refractivity contribution in [2.75, 3.05) is 7.11 Å². The molecule has 0 bridgehead atoms. The third-order valence-corrected chi connectivity index (χ3v) is 2.37. The van der Waals surface area contributed by atoms with Gasteiger partial charge in [-0.2, -0.15) is 0 Å². The summed E-state index contributed by atoms with van der Waals surface area (Å²) in [5.74, 6) is 0. The van der Waals surface area contributed by atoms with Gasteiger partial charge in [0, 0.05) is 7.11 Å². The van der Waals surface area contributed by atoms with Crippen LogP contribution in [0.4, 0.5) is 0 Å². The summed E-state index contributed by atoms with van der Waals surface area (Å²) in [5.41, 5.74) is 3.63. The summed E-state index contributed by atoms with van der Waals surface area (Å²) in [7, 11) is 1.00. The molecule has 2 N–H and O–H groups in total. The standard InChI is InChI=1S/C11H12N2.CH4O/c1-2-9-7-6-8-4-3-5-10(12)11(8)13-9;1-2/h2,6-7,12H,1,3-5H2;2H,1H3. The first-order valence-electron chi connectivity index (χ1n) is 4.96. The Bertz CT molecular complexity index is 372. The van der Waals surface area contributed by atoms with Crippen LogP contribution < -0.4 is 0 Å². The van der Waals surface area contributed by atoms with Gasteiger partial charge in [-0.15, -0.1) is 0 Å². The Kier molecular flexibility index (Phi) is 4.18. The van der Waals surface area contributed by atoms with Crippen molar-refractivity contribution in [2.45, 2.75) is 19.3 Å². The van der Waals surface area contributed by atoms with E-state index in [1.54, 1.807) is 6.08 Å². The molecular formula is C12H16N2O. The predicted molar refractivity (Wildman–Crippen MR) is 62.2 cm³/mol. The highest BCUT2D eigenvalue weighted by Crippen LogP contribution is 2.19. The van der Waals surface area contributed by atoms with Crippen molar-refractivity contribution in [3.63, 3.8) is 0 Å². The molecule has 0 unspecified atom stereocenters. The van der Waals surface area contributed by atoms with Crippen LogP contribution in [-0.2, 0) is 6.42 Å². The molecule has 3 nitrogen and oxygen atoms in total. The number of aliphatic hydroxyl groups is 1. The van der Waals surface area contributed by atoms with Crippen LogP contribution >= 0.6 is 0 Å². The summed E-state index contributed by atoms with van der Waals surface area (Å²) < 4.78 is 0. The number of hydrogen-bond acceptors (Lipinski definition) is 3. The second-order valence-corrected chi connectivity index (χ2v) is 3.28. The van der Waals surface area contributed by atoms with Crippen molar-refractivity contribution in [2.24, 2.45) is 0 Å². The van der Waals surface area contributed by atoms with Gasteiger partial charge in [0.25, 0.3) is 0 Å². The third-order valence-electron chi connectivity index (χ3n) is 2.37. The van der Waals surface area contributed by atoms with Gasteiger partial charge >= 0.3 is 0 Å². The quantitative estimate of drug-likeness (QED) is 0.735. The minimum atomic E-state index is 0.671. The molecular weight excluding hydrogens is 188 g/mol. The van der Waals surface area contributed by atoms with Gasteiger partial charge in [0.15, 0.2) is 0 Å². The molecule has 0 spiro atoms. The zero-order valence-corrected chi connectivity index (χ0v) is 8.95. The van der Waals surface area contributed by atoms with Crippen molar-refractivity contribution >= 4 is 11.8 Å². The summed E-state index contributed by atoms with van der Waals surface area (Å²) >= 11 is 0. The molecule has 1 heterocycles. The molecule has 1 aromatic heterocycles. The zero-order valence-electron chi connectivity index (χ0n) is 8.95. The molecule has 0 saturated carbocycles. The Hall–Kier alpha value is -1.48. The molecule has 0 atom stereocenters. The highest BCUT2D eigenvalue weighted by Gasteiger charge is 2.14. The number of aromatic nitrogens is 1. The van der Waals surface area contributed by atoms with Crippen LogP contribution in [0.5, 0.6) is 0 Å². The van der Waals surface area contributed by atoms with Crippen LogP contribution in [0.25, 0.3) is 6.08 Å². The molecule has 0 saturated heterocycles. The normalized spacial score (nSPS) is 13.6. The smallest absolute Gasteiger partial charge is 0.0876 e. The zero-order chi connectivity index (χ0) is 11.3. The van der Waals surface area contributed by atoms with Crippen LogP contribution in [0.15, 0.2) is 18.7 Å². The van der Waals surface area contributed by atoms with Crippen molar-refractivity contribution in [1.82, 2.24) is 4.98 Å². The summed E-state index contributed by atoms with van der Waals surface area (Å²) in [6, 6.07) is 4.03. The fraction of sp³-hybridized carbons (Fsp3) is 0.333. The Morgan fingerprint density at radius 3 is 2.80 bits per heavy atom. The number of pyridine rings is 1. The van der Waals surface area contributed by atoms with Crippen LogP contribution in [0.1, 0.15) is 29.8 Å². The van der Waals surface area contributed by atoms with E-state index in [1.807, 2.05) is 6.07 Å². The van der Waals surface area contributed by atoms with Gasteiger partial charge in [0.1, 0.15) is 0 Å². The number of fused-ring (bicyclic) bond motifs is 1. The number of nitrogens with zero attached hydrogens (tertiary/aromatic N) is 1. The van der Waals surface area contributed by atoms with E-state index < -0.39 is 0 Å². The lowest BCUT2D eigenvalue weighted by molar-refractivity contribution is 0.399. The van der Waals surface area contributed by atoms with Gasteiger partial charge in [0.2, 0.25) is 0 Å². The lowest BCUT2D eigenvalue weighted by Crippen LogP contribution is -2.13. The first kappa shape index (κ1) is 11.6. The molecule has 1 aliphatic rings. The number of nitrogens with one attached hydrogen (secondary N) is 1. The van der Waals surface area contributed by atoms with E-state index in [-0.39, 0.29) is 0 Å². The van der Waals surface area contributed by atoms with E-state index in [0.717, 1.165) is 37.8 Å². The molecule has 2 rings (SSSR count). The van der Waals surface area contributed by atoms with Crippen molar-refractivity contribution in [3.8, 4) is 0 Å². The molecule has 0 aliphatic heterocycles. The maximum Gasteiger partial charge on any atom is 0.0876 e. The topological polar surface area (TPSA) is 57.0 Å². The van der Waals surface area contributed by atoms with Crippen LogP contribution in [0, 0.1) is 5.41 Å². The number of rotatable bonds is 1. The molecule has 15 heavy (non-hydrogen) atoms. The Morgan fingerprint density at radius 1 is 1.40 bits per heavy atom.